The Hall–Kier alpha value is -2.92. The number of carbonyl (C=O) groups is 2. The van der Waals surface area contributed by atoms with Gasteiger partial charge in [0.25, 0.3) is 11.6 Å². The standard InChI is InChI=1S/C16H12F3N3O4S/c17-16(18,19)15(21-27(25,26)12-9-5-2-6-10-12)13(23)22(14(24)20-15)11-7-3-1-4-8-11/h1-10,21H,(H,20,24)/t15-/m1/s1. The third-order valence-corrected chi connectivity index (χ3v) is 5.27. The molecule has 1 atom stereocenters. The van der Waals surface area contributed by atoms with Crippen LogP contribution in [0.1, 0.15) is 0 Å². The van der Waals surface area contributed by atoms with E-state index in [4.69, 9.17) is 0 Å². The van der Waals surface area contributed by atoms with Gasteiger partial charge >= 0.3 is 12.2 Å². The van der Waals surface area contributed by atoms with Crippen molar-refractivity contribution in [3.05, 3.63) is 60.7 Å². The van der Waals surface area contributed by atoms with Crippen molar-refractivity contribution in [3.63, 3.8) is 0 Å². The molecule has 1 fully saturated rings. The summed E-state index contributed by atoms with van der Waals surface area (Å²) in [5.74, 6) is -1.80. The van der Waals surface area contributed by atoms with Crippen molar-refractivity contribution in [1.82, 2.24) is 10.0 Å². The number of hydrogen-bond donors (Lipinski definition) is 2. The van der Waals surface area contributed by atoms with Crippen LogP contribution in [0.5, 0.6) is 0 Å². The van der Waals surface area contributed by atoms with Crippen LogP contribution < -0.4 is 14.9 Å². The van der Waals surface area contributed by atoms with Gasteiger partial charge < -0.3 is 5.32 Å². The molecule has 11 heteroatoms. The van der Waals surface area contributed by atoms with E-state index in [0.29, 0.717) is 0 Å². The van der Waals surface area contributed by atoms with E-state index < -0.39 is 38.7 Å². The molecule has 1 saturated heterocycles. The zero-order chi connectivity index (χ0) is 19.9. The average molecular weight is 399 g/mol. The van der Waals surface area contributed by atoms with Gasteiger partial charge in [0.2, 0.25) is 10.0 Å². The summed E-state index contributed by atoms with van der Waals surface area (Å²) in [7, 11) is -4.78. The molecule has 3 amide bonds. The van der Waals surface area contributed by atoms with E-state index in [1.54, 1.807) is 0 Å². The van der Waals surface area contributed by atoms with Crippen LogP contribution in [0.2, 0.25) is 0 Å². The third kappa shape index (κ3) is 3.15. The van der Waals surface area contributed by atoms with Gasteiger partial charge in [0.15, 0.2) is 0 Å². The van der Waals surface area contributed by atoms with Crippen LogP contribution in [-0.4, -0.2) is 32.2 Å². The first-order chi connectivity index (χ1) is 12.6. The van der Waals surface area contributed by atoms with Gasteiger partial charge in [-0.2, -0.15) is 17.9 Å². The largest absolute Gasteiger partial charge is 0.435 e. The topological polar surface area (TPSA) is 95.6 Å². The highest BCUT2D eigenvalue weighted by Crippen LogP contribution is 2.36. The first-order valence-corrected chi connectivity index (χ1v) is 8.94. The Labute approximate surface area is 151 Å². The van der Waals surface area contributed by atoms with Gasteiger partial charge in [0.1, 0.15) is 0 Å². The summed E-state index contributed by atoms with van der Waals surface area (Å²) in [5.41, 5.74) is -3.96. The lowest BCUT2D eigenvalue weighted by molar-refractivity contribution is -0.194. The lowest BCUT2D eigenvalue weighted by Gasteiger charge is -2.29. The first-order valence-electron chi connectivity index (χ1n) is 7.46. The van der Waals surface area contributed by atoms with Gasteiger partial charge in [-0.3, -0.25) is 4.79 Å². The minimum Gasteiger partial charge on any atom is -0.302 e. The Morgan fingerprint density at radius 3 is 1.96 bits per heavy atom. The number of urea groups is 1. The normalized spacial score (nSPS) is 20.6. The number of rotatable bonds is 4. The smallest absolute Gasteiger partial charge is 0.302 e. The fourth-order valence-corrected chi connectivity index (χ4v) is 3.81. The summed E-state index contributed by atoms with van der Waals surface area (Å²) in [4.78, 5) is 24.5. The van der Waals surface area contributed by atoms with Crippen molar-refractivity contribution >= 4 is 27.6 Å². The van der Waals surface area contributed by atoms with Crippen molar-refractivity contribution in [2.75, 3.05) is 4.90 Å². The lowest BCUT2D eigenvalue weighted by Crippen LogP contribution is -2.69. The molecule has 2 N–H and O–H groups in total. The molecule has 0 spiro atoms. The number of anilines is 1. The minimum atomic E-state index is -5.44. The van der Waals surface area contributed by atoms with E-state index >= 15 is 0 Å². The Balaban J connectivity index is 2.08. The number of nitrogens with zero attached hydrogens (tertiary/aromatic N) is 1. The molecule has 0 saturated carbocycles. The van der Waals surface area contributed by atoms with Crippen LogP contribution >= 0.6 is 0 Å². The number of imide groups is 1. The summed E-state index contributed by atoms with van der Waals surface area (Å²) in [5, 5.41) is 1.45. The van der Waals surface area contributed by atoms with Crippen LogP contribution in [0.3, 0.4) is 0 Å². The molecule has 7 nitrogen and oxygen atoms in total. The van der Waals surface area contributed by atoms with Gasteiger partial charge in [-0.25, -0.2) is 18.1 Å². The number of benzene rings is 2. The number of para-hydroxylation sites is 1. The summed E-state index contributed by atoms with van der Waals surface area (Å²) < 4.78 is 67.5. The number of sulfonamides is 1. The molecule has 3 rings (SSSR count). The molecule has 2 aromatic carbocycles. The highest BCUT2D eigenvalue weighted by atomic mass is 32.2. The molecular weight excluding hydrogens is 387 g/mol. The summed E-state index contributed by atoms with van der Waals surface area (Å²) in [6.07, 6.45) is -5.44. The molecule has 142 valence electrons. The number of nitrogens with one attached hydrogen (secondary N) is 2. The Morgan fingerprint density at radius 1 is 0.926 bits per heavy atom. The first kappa shape index (κ1) is 18.9. The minimum absolute atomic E-state index is 0.134. The highest BCUT2D eigenvalue weighted by molar-refractivity contribution is 7.89. The molecule has 0 radical (unpaired) electrons. The zero-order valence-electron chi connectivity index (χ0n) is 13.4. The molecule has 0 unspecified atom stereocenters. The number of carbonyl (C=O) groups excluding carboxylic acids is 2. The lowest BCUT2D eigenvalue weighted by atomic mass is 10.1. The van der Waals surface area contributed by atoms with Gasteiger partial charge in [-0.15, -0.1) is 0 Å². The summed E-state index contributed by atoms with van der Waals surface area (Å²) in [6, 6.07) is 11.7. The van der Waals surface area contributed by atoms with Crippen LogP contribution in [0.15, 0.2) is 65.6 Å². The second-order valence-electron chi connectivity index (χ2n) is 5.57. The maximum atomic E-state index is 13.8. The van der Waals surface area contributed by atoms with Crippen molar-refractivity contribution in [1.29, 1.82) is 0 Å². The van der Waals surface area contributed by atoms with Crippen LogP contribution in [0, 0.1) is 0 Å². The quantitative estimate of drug-likeness (QED) is 0.769. The monoisotopic (exact) mass is 399 g/mol. The number of halogens is 3. The number of amides is 3. The van der Waals surface area contributed by atoms with E-state index in [0.717, 1.165) is 12.1 Å². The van der Waals surface area contributed by atoms with Crippen LogP contribution in [0.4, 0.5) is 23.7 Å². The second-order valence-corrected chi connectivity index (χ2v) is 7.25. The van der Waals surface area contributed by atoms with E-state index in [1.165, 1.54) is 58.6 Å². The van der Waals surface area contributed by atoms with Crippen molar-refractivity contribution in [2.24, 2.45) is 0 Å². The Morgan fingerprint density at radius 2 is 1.44 bits per heavy atom. The van der Waals surface area contributed by atoms with E-state index in [1.807, 2.05) is 0 Å². The number of hydrogen-bond acceptors (Lipinski definition) is 4. The molecule has 1 aliphatic heterocycles. The van der Waals surface area contributed by atoms with Crippen molar-refractivity contribution in [2.45, 2.75) is 16.7 Å². The third-order valence-electron chi connectivity index (χ3n) is 3.80. The maximum absolute atomic E-state index is 13.8. The molecule has 0 aromatic heterocycles. The Kier molecular flexibility index (Phi) is 4.44. The molecule has 1 heterocycles. The maximum Gasteiger partial charge on any atom is 0.435 e. The molecule has 2 aromatic rings. The van der Waals surface area contributed by atoms with E-state index in [2.05, 4.69) is 0 Å². The Bertz CT molecular complexity index is 981. The number of alkyl halides is 3. The van der Waals surface area contributed by atoms with Crippen LogP contribution in [-0.2, 0) is 14.8 Å². The fraction of sp³-hybridized carbons (Fsp3) is 0.125. The summed E-state index contributed by atoms with van der Waals surface area (Å²) >= 11 is 0. The molecule has 27 heavy (non-hydrogen) atoms. The fourth-order valence-electron chi connectivity index (χ4n) is 2.52. The predicted molar refractivity (Wildman–Crippen MR) is 88.0 cm³/mol. The van der Waals surface area contributed by atoms with Crippen molar-refractivity contribution in [3.8, 4) is 0 Å². The summed E-state index contributed by atoms with van der Waals surface area (Å²) in [6.45, 7) is 0. The zero-order valence-corrected chi connectivity index (χ0v) is 14.2. The van der Waals surface area contributed by atoms with Gasteiger partial charge in [0, 0.05) is 0 Å². The molecule has 0 aliphatic carbocycles. The second kappa shape index (κ2) is 6.35. The molecular formula is C16H12F3N3O4S. The average Bonchev–Trinajstić information content (AvgIpc) is 2.87. The van der Waals surface area contributed by atoms with Gasteiger partial charge in [0.05, 0.1) is 10.6 Å². The SMILES string of the molecule is O=C1N[C@](NS(=O)(=O)c2ccccc2)(C(F)(F)F)C(=O)N1c1ccccc1. The van der Waals surface area contributed by atoms with Gasteiger partial charge in [-0.1, -0.05) is 36.4 Å². The van der Waals surface area contributed by atoms with Crippen molar-refractivity contribution < 1.29 is 31.2 Å². The van der Waals surface area contributed by atoms with E-state index in [9.17, 15) is 31.2 Å². The van der Waals surface area contributed by atoms with Gasteiger partial charge in [-0.05, 0) is 24.3 Å². The molecule has 0 bridgehead atoms. The van der Waals surface area contributed by atoms with E-state index in [-0.39, 0.29) is 10.6 Å². The highest BCUT2D eigenvalue weighted by Gasteiger charge is 2.69. The molecule has 1 aliphatic rings. The van der Waals surface area contributed by atoms with Crippen LogP contribution in [0.25, 0.3) is 0 Å². The predicted octanol–water partition coefficient (Wildman–Crippen LogP) is 1.98.